The molecule has 0 aliphatic heterocycles. The predicted molar refractivity (Wildman–Crippen MR) is 141 cm³/mol. The second kappa shape index (κ2) is 17.6. The first kappa shape index (κ1) is 29.1. The van der Waals surface area contributed by atoms with Crippen molar-refractivity contribution in [2.75, 3.05) is 50.2 Å². The monoisotopic (exact) mass is 484 g/mol. The lowest BCUT2D eigenvalue weighted by atomic mass is 10.1. The Morgan fingerprint density at radius 3 is 1.38 bits per heavy atom. The second-order valence-electron chi connectivity index (χ2n) is 8.05. The van der Waals surface area contributed by atoms with E-state index in [0.717, 1.165) is 70.9 Å². The van der Waals surface area contributed by atoms with Crippen LogP contribution in [0, 0.1) is 0 Å². The molecule has 0 radical (unpaired) electrons. The Balaban J connectivity index is 2.91. The smallest absolute Gasteiger partial charge is 0.324 e. The maximum absolute atomic E-state index is 6.04. The third kappa shape index (κ3) is 10.4. The molecule has 0 fully saturated rings. The van der Waals surface area contributed by atoms with Crippen molar-refractivity contribution in [3.8, 4) is 0 Å². The third-order valence-corrected chi connectivity index (χ3v) is 11.7. The molecule has 8 heteroatoms. The molecule has 2 N–H and O–H groups in total. The zero-order chi connectivity index (χ0) is 23.8. The SMILES string of the molecule is CCO[SiH](OCC)C(CC)CCN(CCC(CC)[SiH](OCC)OCC)c1ccc(N)cc1. The number of nitrogens with zero attached hydrogens (tertiary/aromatic N) is 1. The minimum atomic E-state index is -1.67. The first-order valence-corrected chi connectivity index (χ1v) is 15.8. The van der Waals surface area contributed by atoms with E-state index in [2.05, 4.69) is 58.6 Å². The molecule has 1 aromatic rings. The van der Waals surface area contributed by atoms with Gasteiger partial charge in [-0.2, -0.15) is 0 Å². The summed E-state index contributed by atoms with van der Waals surface area (Å²) in [6.45, 7) is 17.7. The van der Waals surface area contributed by atoms with Crippen molar-refractivity contribution in [2.45, 2.75) is 78.3 Å². The van der Waals surface area contributed by atoms with Gasteiger partial charge in [0.1, 0.15) is 0 Å². The lowest BCUT2D eigenvalue weighted by Gasteiger charge is -2.31. The largest absolute Gasteiger partial charge is 0.399 e. The van der Waals surface area contributed by atoms with Crippen LogP contribution in [0.3, 0.4) is 0 Å². The number of benzene rings is 1. The van der Waals surface area contributed by atoms with Crippen molar-refractivity contribution in [2.24, 2.45) is 0 Å². The van der Waals surface area contributed by atoms with Crippen molar-refractivity contribution in [1.82, 2.24) is 0 Å². The van der Waals surface area contributed by atoms with E-state index in [0.29, 0.717) is 11.1 Å². The summed E-state index contributed by atoms with van der Waals surface area (Å²) in [4.78, 5) is 2.50. The Kier molecular flexibility index (Phi) is 16.0. The Hall–Kier alpha value is -0.906. The Labute approximate surface area is 200 Å². The van der Waals surface area contributed by atoms with Crippen molar-refractivity contribution in [3.63, 3.8) is 0 Å². The van der Waals surface area contributed by atoms with Gasteiger partial charge in [0, 0.05) is 62.0 Å². The minimum absolute atomic E-state index is 0.502. The Morgan fingerprint density at radius 2 is 1.06 bits per heavy atom. The van der Waals surface area contributed by atoms with E-state index in [4.69, 9.17) is 23.4 Å². The van der Waals surface area contributed by atoms with Crippen LogP contribution in [0.4, 0.5) is 11.4 Å². The maximum Gasteiger partial charge on any atom is 0.324 e. The molecule has 2 unspecified atom stereocenters. The number of anilines is 2. The van der Waals surface area contributed by atoms with Crippen LogP contribution < -0.4 is 10.6 Å². The number of hydrogen-bond donors (Lipinski definition) is 1. The maximum atomic E-state index is 6.04. The van der Waals surface area contributed by atoms with Gasteiger partial charge in [-0.25, -0.2) is 0 Å². The molecule has 2 atom stereocenters. The van der Waals surface area contributed by atoms with E-state index in [1.165, 1.54) is 5.69 Å². The lowest BCUT2D eigenvalue weighted by molar-refractivity contribution is 0.201. The summed E-state index contributed by atoms with van der Waals surface area (Å²) in [5, 5.41) is 0. The highest BCUT2D eigenvalue weighted by Gasteiger charge is 2.27. The van der Waals surface area contributed by atoms with E-state index in [1.807, 2.05) is 12.1 Å². The summed E-state index contributed by atoms with van der Waals surface area (Å²) < 4.78 is 24.2. The van der Waals surface area contributed by atoms with E-state index in [-0.39, 0.29) is 0 Å². The van der Waals surface area contributed by atoms with Gasteiger partial charge < -0.3 is 28.3 Å². The number of nitrogen functional groups attached to an aromatic ring is 1. The molecule has 0 amide bonds. The predicted octanol–water partition coefficient (Wildman–Crippen LogP) is 5.00. The quantitative estimate of drug-likeness (QED) is 0.220. The van der Waals surface area contributed by atoms with Crippen LogP contribution in [-0.2, 0) is 17.7 Å². The molecule has 0 heterocycles. The summed E-state index contributed by atoms with van der Waals surface area (Å²) in [7, 11) is -3.34. The van der Waals surface area contributed by atoms with Gasteiger partial charge in [-0.15, -0.1) is 0 Å². The van der Waals surface area contributed by atoms with E-state index in [9.17, 15) is 0 Å². The molecule has 0 aliphatic rings. The normalized spacial score (nSPS) is 13.6. The van der Waals surface area contributed by atoms with E-state index in [1.54, 1.807) is 0 Å². The lowest BCUT2D eigenvalue weighted by Crippen LogP contribution is -2.35. The van der Waals surface area contributed by atoms with Crippen LogP contribution in [0.2, 0.25) is 11.1 Å². The molecule has 0 saturated carbocycles. The van der Waals surface area contributed by atoms with Crippen LogP contribution in [0.5, 0.6) is 0 Å². The number of nitrogens with two attached hydrogens (primary N) is 1. The third-order valence-electron chi connectivity index (χ3n) is 5.94. The topological polar surface area (TPSA) is 66.2 Å². The van der Waals surface area contributed by atoms with Gasteiger partial charge in [-0.1, -0.05) is 26.7 Å². The van der Waals surface area contributed by atoms with Crippen LogP contribution >= 0.6 is 0 Å². The molecule has 0 aliphatic carbocycles. The van der Waals surface area contributed by atoms with Gasteiger partial charge in [0.25, 0.3) is 0 Å². The molecule has 1 aromatic carbocycles. The van der Waals surface area contributed by atoms with Crippen LogP contribution in [-0.4, -0.2) is 58.1 Å². The summed E-state index contributed by atoms with van der Waals surface area (Å²) in [5.41, 5.74) is 8.98. The van der Waals surface area contributed by atoms with Gasteiger partial charge in [-0.05, 0) is 64.8 Å². The zero-order valence-electron chi connectivity index (χ0n) is 21.3. The van der Waals surface area contributed by atoms with Crippen molar-refractivity contribution in [1.29, 1.82) is 0 Å². The van der Waals surface area contributed by atoms with Crippen LogP contribution in [0.15, 0.2) is 24.3 Å². The highest BCUT2D eigenvalue weighted by molar-refractivity contribution is 6.46. The Bertz CT molecular complexity index is 540. The number of rotatable bonds is 19. The first-order chi connectivity index (χ1) is 15.5. The van der Waals surface area contributed by atoms with E-state index >= 15 is 0 Å². The van der Waals surface area contributed by atoms with Crippen LogP contribution in [0.25, 0.3) is 0 Å². The molecule has 0 spiro atoms. The van der Waals surface area contributed by atoms with Crippen molar-refractivity contribution in [3.05, 3.63) is 24.3 Å². The molecular weight excluding hydrogens is 436 g/mol. The summed E-state index contributed by atoms with van der Waals surface area (Å²) >= 11 is 0. The molecule has 1 rings (SSSR count). The molecule has 0 bridgehead atoms. The van der Waals surface area contributed by atoms with Crippen molar-refractivity contribution < 1.29 is 17.7 Å². The molecular formula is C24H48N2O4Si2. The first-order valence-electron chi connectivity index (χ1n) is 12.6. The van der Waals surface area contributed by atoms with Gasteiger partial charge in [0.05, 0.1) is 0 Å². The fraction of sp³-hybridized carbons (Fsp3) is 0.750. The highest BCUT2D eigenvalue weighted by atomic mass is 28.3. The zero-order valence-corrected chi connectivity index (χ0v) is 23.7. The number of hydrogen-bond acceptors (Lipinski definition) is 6. The van der Waals surface area contributed by atoms with Gasteiger partial charge in [0.2, 0.25) is 0 Å². The standard InChI is InChI=1S/C24H48N2O4Si2/c1-7-23(31(27-9-3)28-10-4)17-19-26(22-15-13-21(25)14-16-22)20-18-24(8-2)32(29-11-5)30-12-6/h13-16,23-24,31-32H,7-12,17-20,25H2,1-6H3. The second-order valence-corrected chi connectivity index (χ2v) is 12.7. The fourth-order valence-electron chi connectivity index (χ4n) is 4.06. The van der Waals surface area contributed by atoms with Gasteiger partial charge in [0.15, 0.2) is 0 Å². The Morgan fingerprint density at radius 1 is 0.688 bits per heavy atom. The fourth-order valence-corrected chi connectivity index (χ4v) is 8.27. The van der Waals surface area contributed by atoms with Gasteiger partial charge >= 0.3 is 18.6 Å². The summed E-state index contributed by atoms with van der Waals surface area (Å²) in [6, 6.07) is 8.26. The average molecular weight is 485 g/mol. The summed E-state index contributed by atoms with van der Waals surface area (Å²) in [6.07, 6.45) is 4.33. The van der Waals surface area contributed by atoms with Crippen molar-refractivity contribution >= 4 is 29.9 Å². The molecule has 0 saturated heterocycles. The molecule has 32 heavy (non-hydrogen) atoms. The molecule has 6 nitrogen and oxygen atoms in total. The van der Waals surface area contributed by atoms with Crippen LogP contribution in [0.1, 0.15) is 67.2 Å². The highest BCUT2D eigenvalue weighted by Crippen LogP contribution is 2.27. The minimum Gasteiger partial charge on any atom is -0.399 e. The average Bonchev–Trinajstić information content (AvgIpc) is 2.79. The molecule has 186 valence electrons. The van der Waals surface area contributed by atoms with Gasteiger partial charge in [-0.3, -0.25) is 0 Å². The molecule has 0 aromatic heterocycles. The summed E-state index contributed by atoms with van der Waals surface area (Å²) in [5.74, 6) is 0. The van der Waals surface area contributed by atoms with E-state index < -0.39 is 18.6 Å².